The molecule has 0 bridgehead atoms. The average Bonchev–Trinajstić information content (AvgIpc) is 2.60. The van der Waals surface area contributed by atoms with Crippen molar-refractivity contribution >= 4 is 15.9 Å². The number of rotatable bonds is 9. The van der Waals surface area contributed by atoms with Crippen molar-refractivity contribution in [3.63, 3.8) is 0 Å². The minimum atomic E-state index is -3.51. The fourth-order valence-electron chi connectivity index (χ4n) is 2.29. The van der Waals surface area contributed by atoms with Gasteiger partial charge in [0.25, 0.3) is 5.91 Å². The number of hydrogen-bond acceptors (Lipinski definition) is 4. The Balaban J connectivity index is 1.76. The zero-order chi connectivity index (χ0) is 19.9. The van der Waals surface area contributed by atoms with Gasteiger partial charge < -0.3 is 10.1 Å². The van der Waals surface area contributed by atoms with Gasteiger partial charge in [-0.1, -0.05) is 12.1 Å². The van der Waals surface area contributed by atoms with Gasteiger partial charge in [0.15, 0.2) is 6.61 Å². The van der Waals surface area contributed by atoms with Crippen molar-refractivity contribution in [1.82, 2.24) is 10.0 Å². The molecule has 0 saturated carbocycles. The minimum Gasteiger partial charge on any atom is -0.484 e. The molecule has 0 aliphatic carbocycles. The van der Waals surface area contributed by atoms with Gasteiger partial charge in [0.05, 0.1) is 4.90 Å². The van der Waals surface area contributed by atoms with E-state index >= 15 is 0 Å². The Kier molecular flexibility index (Phi) is 7.32. The molecule has 8 heteroatoms. The van der Waals surface area contributed by atoms with E-state index in [1.165, 1.54) is 24.3 Å². The Labute approximate surface area is 158 Å². The van der Waals surface area contributed by atoms with Crippen LogP contribution in [0.4, 0.5) is 4.39 Å². The lowest BCUT2D eigenvalue weighted by Gasteiger charge is -2.10. The summed E-state index contributed by atoms with van der Waals surface area (Å²) in [7, 11) is -3.51. The van der Waals surface area contributed by atoms with Gasteiger partial charge in [0.2, 0.25) is 10.0 Å². The quantitative estimate of drug-likeness (QED) is 0.683. The van der Waals surface area contributed by atoms with Crippen molar-refractivity contribution < 1.29 is 22.3 Å². The molecule has 0 atom stereocenters. The first-order valence-electron chi connectivity index (χ1n) is 8.52. The van der Waals surface area contributed by atoms with E-state index in [1.54, 1.807) is 38.1 Å². The maximum absolute atomic E-state index is 12.8. The molecule has 2 N–H and O–H groups in total. The van der Waals surface area contributed by atoms with E-state index < -0.39 is 10.0 Å². The molecule has 2 aromatic rings. The highest BCUT2D eigenvalue weighted by Gasteiger charge is 2.14. The van der Waals surface area contributed by atoms with Crippen molar-refractivity contribution in [2.45, 2.75) is 31.2 Å². The van der Waals surface area contributed by atoms with Crippen LogP contribution >= 0.6 is 0 Å². The van der Waals surface area contributed by atoms with Crippen molar-refractivity contribution in [3.8, 4) is 5.75 Å². The molecule has 0 spiro atoms. The molecule has 0 heterocycles. The van der Waals surface area contributed by atoms with Gasteiger partial charge in [-0.15, -0.1) is 0 Å². The van der Waals surface area contributed by atoms with Crippen molar-refractivity contribution in [2.24, 2.45) is 0 Å². The van der Waals surface area contributed by atoms with E-state index in [0.29, 0.717) is 18.7 Å². The van der Waals surface area contributed by atoms with Crippen molar-refractivity contribution in [2.75, 3.05) is 13.2 Å². The smallest absolute Gasteiger partial charge is 0.257 e. The number of sulfonamides is 1. The summed E-state index contributed by atoms with van der Waals surface area (Å²) < 4.78 is 44.7. The van der Waals surface area contributed by atoms with E-state index in [2.05, 4.69) is 10.0 Å². The second-order valence-electron chi connectivity index (χ2n) is 6.26. The molecule has 0 aliphatic rings. The summed E-state index contributed by atoms with van der Waals surface area (Å²) in [6.07, 6.45) is 0.556. The predicted octanol–water partition coefficient (Wildman–Crippen LogP) is 2.25. The maximum atomic E-state index is 12.8. The Bertz CT molecular complexity index is 850. The molecule has 2 aromatic carbocycles. The first-order valence-corrected chi connectivity index (χ1v) is 10.0. The van der Waals surface area contributed by atoms with Gasteiger partial charge in [0, 0.05) is 12.6 Å². The van der Waals surface area contributed by atoms with Crippen LogP contribution in [-0.2, 0) is 21.2 Å². The Morgan fingerprint density at radius 2 is 1.70 bits per heavy atom. The van der Waals surface area contributed by atoms with Crippen molar-refractivity contribution in [3.05, 3.63) is 59.9 Å². The van der Waals surface area contributed by atoms with Gasteiger partial charge in [0.1, 0.15) is 11.6 Å². The van der Waals surface area contributed by atoms with Crippen LogP contribution in [0, 0.1) is 5.82 Å². The molecule has 0 radical (unpaired) electrons. The first-order chi connectivity index (χ1) is 12.8. The van der Waals surface area contributed by atoms with Crippen LogP contribution in [0.25, 0.3) is 0 Å². The number of nitrogens with one attached hydrogen (secondary N) is 2. The molecular formula is C19H23FN2O4S. The molecule has 0 fully saturated rings. The molecule has 0 aliphatic heterocycles. The number of halogens is 1. The lowest BCUT2D eigenvalue weighted by Crippen LogP contribution is -2.30. The summed E-state index contributed by atoms with van der Waals surface area (Å²) in [4.78, 5) is 12.0. The first kappa shape index (κ1) is 20.9. The Morgan fingerprint density at radius 1 is 1.07 bits per heavy atom. The van der Waals surface area contributed by atoms with Crippen LogP contribution in [0.2, 0.25) is 0 Å². The number of benzene rings is 2. The molecule has 2 rings (SSSR count). The summed E-state index contributed by atoms with van der Waals surface area (Å²) >= 11 is 0. The standard InChI is InChI=1S/C19H23FN2O4S/c1-14(2)22-27(24,25)18-9-3-15(4-10-18)11-12-21-19(23)13-26-17-7-5-16(20)6-8-17/h3-10,14,22H,11-13H2,1-2H3,(H,21,23). The third-order valence-corrected chi connectivity index (χ3v) is 5.22. The summed E-state index contributed by atoms with van der Waals surface area (Å²) in [5.41, 5.74) is 0.901. The molecular weight excluding hydrogens is 371 g/mol. The SMILES string of the molecule is CC(C)NS(=O)(=O)c1ccc(CCNC(=O)COc2ccc(F)cc2)cc1. The van der Waals surface area contributed by atoms with E-state index in [0.717, 1.165) is 5.56 Å². The predicted molar refractivity (Wildman–Crippen MR) is 101 cm³/mol. The molecule has 0 unspecified atom stereocenters. The monoisotopic (exact) mass is 394 g/mol. The Hall–Kier alpha value is -2.45. The molecule has 1 amide bonds. The third-order valence-electron chi connectivity index (χ3n) is 3.54. The highest BCUT2D eigenvalue weighted by Crippen LogP contribution is 2.12. The summed E-state index contributed by atoms with van der Waals surface area (Å²) in [6, 6.07) is 11.8. The van der Waals surface area contributed by atoms with Crippen LogP contribution < -0.4 is 14.8 Å². The number of hydrogen-bond donors (Lipinski definition) is 2. The molecule has 6 nitrogen and oxygen atoms in total. The Morgan fingerprint density at radius 3 is 2.30 bits per heavy atom. The van der Waals surface area contributed by atoms with Crippen LogP contribution in [0.5, 0.6) is 5.75 Å². The second kappa shape index (κ2) is 9.48. The van der Waals surface area contributed by atoms with Crippen LogP contribution in [0.1, 0.15) is 19.4 Å². The lowest BCUT2D eigenvalue weighted by molar-refractivity contribution is -0.123. The fraction of sp³-hybridized carbons (Fsp3) is 0.316. The van der Waals surface area contributed by atoms with E-state index in [9.17, 15) is 17.6 Å². The summed E-state index contributed by atoms with van der Waals surface area (Å²) in [6.45, 7) is 3.74. The topological polar surface area (TPSA) is 84.5 Å². The molecule has 0 aromatic heterocycles. The highest BCUT2D eigenvalue weighted by atomic mass is 32.2. The lowest BCUT2D eigenvalue weighted by atomic mass is 10.1. The van der Waals surface area contributed by atoms with E-state index in [-0.39, 0.29) is 29.3 Å². The van der Waals surface area contributed by atoms with Crippen LogP contribution in [-0.4, -0.2) is 33.5 Å². The van der Waals surface area contributed by atoms with Crippen LogP contribution in [0.15, 0.2) is 53.4 Å². The van der Waals surface area contributed by atoms with Crippen molar-refractivity contribution in [1.29, 1.82) is 0 Å². The normalized spacial score (nSPS) is 11.4. The molecule has 0 saturated heterocycles. The summed E-state index contributed by atoms with van der Waals surface area (Å²) in [5, 5.41) is 2.72. The van der Waals surface area contributed by atoms with Gasteiger partial charge >= 0.3 is 0 Å². The van der Waals surface area contributed by atoms with Gasteiger partial charge in [-0.05, 0) is 62.2 Å². The van der Waals surface area contributed by atoms with E-state index in [4.69, 9.17) is 4.74 Å². The van der Waals surface area contributed by atoms with Gasteiger partial charge in [-0.2, -0.15) is 0 Å². The number of carbonyl (C=O) groups is 1. The zero-order valence-corrected chi connectivity index (χ0v) is 16.1. The highest BCUT2D eigenvalue weighted by molar-refractivity contribution is 7.89. The third kappa shape index (κ3) is 6.99. The van der Waals surface area contributed by atoms with Crippen LogP contribution in [0.3, 0.4) is 0 Å². The molecule has 27 heavy (non-hydrogen) atoms. The number of carbonyl (C=O) groups excluding carboxylic acids is 1. The zero-order valence-electron chi connectivity index (χ0n) is 15.2. The second-order valence-corrected chi connectivity index (χ2v) is 7.98. The average molecular weight is 394 g/mol. The summed E-state index contributed by atoms with van der Waals surface area (Å²) in [5.74, 6) is -0.247. The van der Waals surface area contributed by atoms with Gasteiger partial charge in [-0.25, -0.2) is 17.5 Å². The minimum absolute atomic E-state index is 0.163. The number of amides is 1. The maximum Gasteiger partial charge on any atom is 0.257 e. The number of ether oxygens (including phenoxy) is 1. The van der Waals surface area contributed by atoms with E-state index in [1.807, 2.05) is 0 Å². The fourth-order valence-corrected chi connectivity index (χ4v) is 3.54. The molecule has 146 valence electrons. The largest absolute Gasteiger partial charge is 0.484 e. The van der Waals surface area contributed by atoms with Gasteiger partial charge in [-0.3, -0.25) is 4.79 Å².